The predicted molar refractivity (Wildman–Crippen MR) is 120 cm³/mol. The first-order valence-electron chi connectivity index (χ1n) is 10.6. The van der Waals surface area contributed by atoms with Crippen LogP contribution in [0.4, 0.5) is 5.69 Å². The van der Waals surface area contributed by atoms with Crippen LogP contribution in [0.5, 0.6) is 0 Å². The van der Waals surface area contributed by atoms with Crippen LogP contribution >= 0.6 is 0 Å². The Labute approximate surface area is 185 Å². The highest BCUT2D eigenvalue weighted by Crippen LogP contribution is 2.41. The molecule has 3 N–H and O–H groups in total. The van der Waals surface area contributed by atoms with Crippen LogP contribution in [0.1, 0.15) is 34.0 Å². The van der Waals surface area contributed by atoms with E-state index < -0.39 is 5.97 Å². The maximum atomic E-state index is 11.6. The van der Waals surface area contributed by atoms with Crippen LogP contribution in [-0.2, 0) is 22.5 Å². The zero-order valence-electron chi connectivity index (χ0n) is 17.8. The monoisotopic (exact) mass is 432 g/mol. The summed E-state index contributed by atoms with van der Waals surface area (Å²) < 4.78 is 5.44. The topological polar surface area (TPSA) is 108 Å². The predicted octanol–water partition coefficient (Wildman–Crippen LogP) is 3.14. The maximum Gasteiger partial charge on any atom is 0.337 e. The molecule has 1 aliphatic heterocycles. The highest BCUT2D eigenvalue weighted by Gasteiger charge is 2.26. The Kier molecular flexibility index (Phi) is 5.24. The van der Waals surface area contributed by atoms with Gasteiger partial charge in [0.2, 0.25) is 5.91 Å². The van der Waals surface area contributed by atoms with Crippen LogP contribution < -0.4 is 5.32 Å². The van der Waals surface area contributed by atoms with E-state index in [1.165, 1.54) is 24.1 Å². The number of carboxylic acids is 1. The van der Waals surface area contributed by atoms with Gasteiger partial charge in [-0.25, -0.2) is 4.79 Å². The number of aromatic amines is 1. The molecule has 1 amide bonds. The largest absolute Gasteiger partial charge is 0.478 e. The normalized spacial score (nSPS) is 15.3. The van der Waals surface area contributed by atoms with Gasteiger partial charge in [-0.3, -0.25) is 14.8 Å². The van der Waals surface area contributed by atoms with E-state index in [-0.39, 0.29) is 17.2 Å². The minimum atomic E-state index is -1.09. The van der Waals surface area contributed by atoms with E-state index in [4.69, 9.17) is 4.74 Å². The molecule has 0 atom stereocenters. The minimum Gasteiger partial charge on any atom is -0.478 e. The molecule has 32 heavy (non-hydrogen) atoms. The first-order valence-corrected chi connectivity index (χ1v) is 10.6. The Morgan fingerprint density at radius 3 is 2.75 bits per heavy atom. The second-order valence-corrected chi connectivity index (χ2v) is 8.23. The van der Waals surface area contributed by atoms with E-state index in [0.29, 0.717) is 0 Å². The lowest BCUT2D eigenvalue weighted by atomic mass is 10.0. The smallest absolute Gasteiger partial charge is 0.337 e. The zero-order valence-corrected chi connectivity index (χ0v) is 17.8. The van der Waals surface area contributed by atoms with Gasteiger partial charge in [0.15, 0.2) is 0 Å². The molecule has 0 spiro atoms. The third-order valence-electron chi connectivity index (χ3n) is 6.02. The Hall–Kier alpha value is -3.49. The second-order valence-electron chi connectivity index (χ2n) is 8.23. The summed E-state index contributed by atoms with van der Waals surface area (Å²) in [6, 6.07) is 11.5. The van der Waals surface area contributed by atoms with Crippen molar-refractivity contribution in [3.8, 4) is 22.5 Å². The number of morpholine rings is 1. The molecule has 5 rings (SSSR count). The van der Waals surface area contributed by atoms with Crippen LogP contribution in [0.15, 0.2) is 36.4 Å². The van der Waals surface area contributed by atoms with Gasteiger partial charge in [-0.05, 0) is 23.3 Å². The van der Waals surface area contributed by atoms with E-state index in [1.807, 2.05) is 0 Å². The highest BCUT2D eigenvalue weighted by molar-refractivity contribution is 6.01. The number of carbonyl (C=O) groups excluding carboxylic acids is 1. The number of fused-ring (bicyclic) bond motifs is 3. The summed E-state index contributed by atoms with van der Waals surface area (Å²) >= 11 is 0. The molecule has 0 radical (unpaired) electrons. The molecule has 164 valence electrons. The third-order valence-corrected chi connectivity index (χ3v) is 6.02. The van der Waals surface area contributed by atoms with Crippen LogP contribution in [0.25, 0.3) is 22.5 Å². The van der Waals surface area contributed by atoms with Crippen molar-refractivity contribution in [2.45, 2.75) is 19.9 Å². The van der Waals surface area contributed by atoms with Gasteiger partial charge in [0.25, 0.3) is 0 Å². The third kappa shape index (κ3) is 3.79. The van der Waals surface area contributed by atoms with E-state index >= 15 is 0 Å². The molecule has 1 aliphatic carbocycles. The molecule has 0 unspecified atom stereocenters. The summed E-state index contributed by atoms with van der Waals surface area (Å²) in [5.41, 5.74) is 7.61. The molecule has 2 aromatic carbocycles. The summed E-state index contributed by atoms with van der Waals surface area (Å²) in [4.78, 5) is 25.5. The number of aromatic nitrogens is 2. The fourth-order valence-electron chi connectivity index (χ4n) is 4.51. The van der Waals surface area contributed by atoms with E-state index in [9.17, 15) is 14.7 Å². The molecule has 0 bridgehead atoms. The lowest BCUT2D eigenvalue weighted by Crippen LogP contribution is -2.35. The molecule has 1 fully saturated rings. The van der Waals surface area contributed by atoms with Crippen molar-refractivity contribution in [2.24, 2.45) is 0 Å². The van der Waals surface area contributed by atoms with Gasteiger partial charge < -0.3 is 15.2 Å². The van der Waals surface area contributed by atoms with Crippen molar-refractivity contribution < 1.29 is 19.4 Å². The minimum absolute atomic E-state index is 0.0483. The van der Waals surface area contributed by atoms with Gasteiger partial charge in [0.1, 0.15) is 0 Å². The van der Waals surface area contributed by atoms with Crippen molar-refractivity contribution >= 4 is 17.6 Å². The SMILES string of the molecule is CC(=O)Nc1cc(-c2n[nH]c3c2Cc2cc(CN4CCOCC4)ccc2-3)ccc1C(=O)O. The number of anilines is 1. The zero-order chi connectivity index (χ0) is 22.2. The molecule has 2 aliphatic rings. The van der Waals surface area contributed by atoms with Crippen LogP contribution in [0, 0.1) is 0 Å². The van der Waals surface area contributed by atoms with Crippen molar-refractivity contribution in [1.82, 2.24) is 15.1 Å². The highest BCUT2D eigenvalue weighted by atomic mass is 16.5. The number of nitrogens with one attached hydrogen (secondary N) is 2. The summed E-state index contributed by atoms with van der Waals surface area (Å²) in [5, 5.41) is 19.7. The summed E-state index contributed by atoms with van der Waals surface area (Å²) in [7, 11) is 0. The summed E-state index contributed by atoms with van der Waals surface area (Å²) in [6.45, 7) is 5.74. The van der Waals surface area contributed by atoms with Gasteiger partial charge in [0.05, 0.1) is 35.9 Å². The molecular weight excluding hydrogens is 408 g/mol. The van der Waals surface area contributed by atoms with E-state index in [1.54, 1.807) is 12.1 Å². The Morgan fingerprint density at radius 2 is 2.00 bits per heavy atom. The number of hydrogen-bond donors (Lipinski definition) is 3. The number of H-pyrrole nitrogens is 1. The second kappa shape index (κ2) is 8.22. The molecule has 2 heterocycles. The number of aromatic carboxylic acids is 1. The standard InChI is InChI=1S/C24H24N4O4/c1-14(29)25-21-12-16(3-5-19(21)24(30)31)22-20-11-17-10-15(13-28-6-8-32-9-7-28)2-4-18(17)23(20)27-26-22/h2-5,10,12H,6-9,11,13H2,1H3,(H,25,29)(H,26,27)(H,30,31). The Morgan fingerprint density at radius 1 is 1.19 bits per heavy atom. The van der Waals surface area contributed by atoms with Gasteiger partial charge in [-0.2, -0.15) is 5.10 Å². The molecule has 0 saturated carbocycles. The lowest BCUT2D eigenvalue weighted by Gasteiger charge is -2.26. The average Bonchev–Trinajstić information content (AvgIpc) is 3.32. The number of ether oxygens (including phenoxy) is 1. The van der Waals surface area contributed by atoms with E-state index in [0.717, 1.165) is 67.3 Å². The average molecular weight is 432 g/mol. The summed E-state index contributed by atoms with van der Waals surface area (Å²) in [6.07, 6.45) is 0.754. The molecular formula is C24H24N4O4. The quantitative estimate of drug-likeness (QED) is 0.447. The van der Waals surface area contributed by atoms with Crippen molar-refractivity contribution in [3.05, 3.63) is 58.7 Å². The fourth-order valence-corrected chi connectivity index (χ4v) is 4.51. The number of nitrogens with zero attached hydrogens (tertiary/aromatic N) is 2. The van der Waals surface area contributed by atoms with Crippen LogP contribution in [0.2, 0.25) is 0 Å². The number of carbonyl (C=O) groups is 2. The van der Waals surface area contributed by atoms with Gasteiger partial charge in [-0.15, -0.1) is 0 Å². The molecule has 1 aromatic heterocycles. The van der Waals surface area contributed by atoms with Gasteiger partial charge >= 0.3 is 5.97 Å². The lowest BCUT2D eigenvalue weighted by molar-refractivity contribution is -0.114. The number of rotatable bonds is 5. The maximum absolute atomic E-state index is 11.6. The number of amides is 1. The molecule has 1 saturated heterocycles. The molecule has 8 nitrogen and oxygen atoms in total. The van der Waals surface area contributed by atoms with Gasteiger partial charge in [-0.1, -0.05) is 24.3 Å². The first kappa shape index (κ1) is 20.4. The Balaban J connectivity index is 1.44. The van der Waals surface area contributed by atoms with E-state index in [2.05, 4.69) is 38.6 Å². The van der Waals surface area contributed by atoms with Crippen molar-refractivity contribution in [2.75, 3.05) is 31.6 Å². The van der Waals surface area contributed by atoms with Gasteiger partial charge in [0, 0.05) is 49.7 Å². The van der Waals surface area contributed by atoms with Crippen molar-refractivity contribution in [1.29, 1.82) is 0 Å². The molecule has 3 aromatic rings. The van der Waals surface area contributed by atoms with Crippen molar-refractivity contribution in [3.63, 3.8) is 0 Å². The first-order chi connectivity index (χ1) is 15.5. The fraction of sp³-hybridized carbons (Fsp3) is 0.292. The number of carboxylic acid groups (broad SMARTS) is 1. The van der Waals surface area contributed by atoms with Crippen LogP contribution in [0.3, 0.4) is 0 Å². The number of benzene rings is 2. The van der Waals surface area contributed by atoms with Crippen LogP contribution in [-0.4, -0.2) is 58.4 Å². The molecule has 8 heteroatoms. The number of hydrogen-bond acceptors (Lipinski definition) is 5. The Bertz CT molecular complexity index is 1210. The summed E-state index contributed by atoms with van der Waals surface area (Å²) in [5.74, 6) is -1.41.